The van der Waals surface area contributed by atoms with E-state index in [-0.39, 0.29) is 5.91 Å². The summed E-state index contributed by atoms with van der Waals surface area (Å²) in [4.78, 5) is 20.1. The Morgan fingerprint density at radius 3 is 3.26 bits per heavy atom. The van der Waals surface area contributed by atoms with Gasteiger partial charge >= 0.3 is 0 Å². The van der Waals surface area contributed by atoms with E-state index in [2.05, 4.69) is 19.9 Å². The summed E-state index contributed by atoms with van der Waals surface area (Å²) in [6.07, 6.45) is 7.09. The van der Waals surface area contributed by atoms with Crippen LogP contribution in [0.4, 0.5) is 0 Å². The van der Waals surface area contributed by atoms with Crippen molar-refractivity contribution in [3.63, 3.8) is 0 Å². The molecule has 6 heteroatoms. The predicted molar refractivity (Wildman–Crippen MR) is 67.6 cm³/mol. The number of hydrogen-bond acceptors (Lipinski definition) is 4. The third-order valence-electron chi connectivity index (χ3n) is 3.56. The minimum atomic E-state index is -0.167. The van der Waals surface area contributed by atoms with Gasteiger partial charge in [-0.3, -0.25) is 4.79 Å². The number of rotatable bonds is 3. The van der Waals surface area contributed by atoms with Gasteiger partial charge < -0.3 is 14.3 Å². The van der Waals surface area contributed by atoms with Crippen LogP contribution in [0.3, 0.4) is 0 Å². The molecule has 2 aromatic rings. The van der Waals surface area contributed by atoms with Crippen molar-refractivity contribution in [2.45, 2.75) is 26.3 Å². The highest BCUT2D eigenvalue weighted by Gasteiger charge is 2.21. The molecule has 6 nitrogen and oxygen atoms in total. The largest absolute Gasteiger partial charge is 0.448 e. The molecule has 0 saturated carbocycles. The van der Waals surface area contributed by atoms with Gasteiger partial charge in [0.15, 0.2) is 12.1 Å². The standard InChI is InChI=1S/C13H16N4O2/c1-9-12(16-8-19-9)13(18)15-7-10-2-4-17-5-3-14-11(17)6-10/h3,5,8,10H,2,4,6-7H2,1H3,(H,15,18)/t10-/m1/s1. The second kappa shape index (κ2) is 4.87. The predicted octanol–water partition coefficient (Wildman–Crippen LogP) is 1.17. The van der Waals surface area contributed by atoms with Crippen molar-refractivity contribution in [2.75, 3.05) is 6.54 Å². The second-order valence-corrected chi connectivity index (χ2v) is 4.86. The van der Waals surface area contributed by atoms with E-state index in [1.807, 2.05) is 12.4 Å². The first kappa shape index (κ1) is 12.0. The highest BCUT2D eigenvalue weighted by Crippen LogP contribution is 2.18. The normalized spacial score (nSPS) is 18.1. The van der Waals surface area contributed by atoms with Crippen molar-refractivity contribution in [1.29, 1.82) is 0 Å². The Kier molecular flexibility index (Phi) is 3.06. The molecule has 1 aliphatic rings. The van der Waals surface area contributed by atoms with Crippen molar-refractivity contribution in [3.05, 3.63) is 36.1 Å². The van der Waals surface area contributed by atoms with E-state index in [0.29, 0.717) is 23.9 Å². The monoisotopic (exact) mass is 260 g/mol. The third kappa shape index (κ3) is 2.38. The van der Waals surface area contributed by atoms with E-state index in [1.165, 1.54) is 6.39 Å². The minimum Gasteiger partial charge on any atom is -0.448 e. The Morgan fingerprint density at radius 2 is 2.47 bits per heavy atom. The van der Waals surface area contributed by atoms with Crippen molar-refractivity contribution in [1.82, 2.24) is 19.9 Å². The second-order valence-electron chi connectivity index (χ2n) is 4.86. The maximum atomic E-state index is 11.9. The molecule has 1 amide bonds. The smallest absolute Gasteiger partial charge is 0.273 e. The molecule has 0 saturated heterocycles. The maximum Gasteiger partial charge on any atom is 0.273 e. The summed E-state index contributed by atoms with van der Waals surface area (Å²) in [5, 5.41) is 2.92. The first-order chi connectivity index (χ1) is 9.24. The van der Waals surface area contributed by atoms with Crippen LogP contribution in [-0.2, 0) is 13.0 Å². The van der Waals surface area contributed by atoms with Gasteiger partial charge in [0, 0.05) is 31.9 Å². The molecule has 19 heavy (non-hydrogen) atoms. The van der Waals surface area contributed by atoms with Crippen LogP contribution in [0.25, 0.3) is 0 Å². The summed E-state index contributed by atoms with van der Waals surface area (Å²) < 4.78 is 7.20. The average Bonchev–Trinajstić information content (AvgIpc) is 3.03. The Bertz CT molecular complexity index is 587. The molecule has 3 heterocycles. The first-order valence-electron chi connectivity index (χ1n) is 6.42. The number of fused-ring (bicyclic) bond motifs is 1. The molecule has 0 radical (unpaired) electrons. The van der Waals surface area contributed by atoms with Gasteiger partial charge in [0.25, 0.3) is 5.91 Å². The lowest BCUT2D eigenvalue weighted by molar-refractivity contribution is 0.0938. The number of oxazole rings is 1. The number of amides is 1. The number of aromatic nitrogens is 3. The Balaban J connectivity index is 1.56. The van der Waals surface area contributed by atoms with E-state index >= 15 is 0 Å². The lowest BCUT2D eigenvalue weighted by Crippen LogP contribution is -2.33. The summed E-state index contributed by atoms with van der Waals surface area (Å²) in [6.45, 7) is 3.36. The Morgan fingerprint density at radius 1 is 1.58 bits per heavy atom. The van der Waals surface area contributed by atoms with Crippen LogP contribution in [-0.4, -0.2) is 27.0 Å². The molecule has 0 unspecified atom stereocenters. The molecule has 2 aromatic heterocycles. The lowest BCUT2D eigenvalue weighted by Gasteiger charge is -2.23. The van der Waals surface area contributed by atoms with E-state index < -0.39 is 0 Å². The number of carbonyl (C=O) groups is 1. The zero-order valence-electron chi connectivity index (χ0n) is 10.8. The molecular formula is C13H16N4O2. The van der Waals surface area contributed by atoms with Crippen molar-refractivity contribution in [3.8, 4) is 0 Å². The molecule has 0 fully saturated rings. The molecule has 0 aromatic carbocycles. The van der Waals surface area contributed by atoms with Gasteiger partial charge in [-0.05, 0) is 19.3 Å². The molecule has 1 atom stereocenters. The molecule has 0 bridgehead atoms. The van der Waals surface area contributed by atoms with E-state index in [4.69, 9.17) is 4.42 Å². The summed E-state index contributed by atoms with van der Waals surface area (Å²) in [5.41, 5.74) is 0.373. The molecule has 1 N–H and O–H groups in total. The van der Waals surface area contributed by atoms with Gasteiger partial charge in [-0.1, -0.05) is 0 Å². The van der Waals surface area contributed by atoms with Crippen LogP contribution in [0.15, 0.2) is 23.2 Å². The highest BCUT2D eigenvalue weighted by molar-refractivity contribution is 5.92. The minimum absolute atomic E-state index is 0.167. The van der Waals surface area contributed by atoms with Gasteiger partial charge in [0.1, 0.15) is 11.6 Å². The van der Waals surface area contributed by atoms with Gasteiger partial charge in [-0.25, -0.2) is 9.97 Å². The van der Waals surface area contributed by atoms with Crippen LogP contribution in [0.2, 0.25) is 0 Å². The Hall–Kier alpha value is -2.11. The fraction of sp³-hybridized carbons (Fsp3) is 0.462. The zero-order chi connectivity index (χ0) is 13.2. The van der Waals surface area contributed by atoms with Crippen molar-refractivity contribution in [2.24, 2.45) is 5.92 Å². The summed E-state index contributed by atoms with van der Waals surface area (Å²) in [7, 11) is 0. The SMILES string of the molecule is Cc1ocnc1C(=O)NC[C@@H]1CCn2ccnc2C1. The topological polar surface area (TPSA) is 73.0 Å². The van der Waals surface area contributed by atoms with Gasteiger partial charge in [0.05, 0.1) is 0 Å². The van der Waals surface area contributed by atoms with E-state index in [1.54, 1.807) is 6.92 Å². The van der Waals surface area contributed by atoms with Crippen molar-refractivity contribution < 1.29 is 9.21 Å². The number of imidazole rings is 1. The molecule has 3 rings (SSSR count). The summed E-state index contributed by atoms with van der Waals surface area (Å²) in [5.74, 6) is 1.92. The summed E-state index contributed by atoms with van der Waals surface area (Å²) >= 11 is 0. The van der Waals surface area contributed by atoms with Crippen molar-refractivity contribution >= 4 is 5.91 Å². The number of aryl methyl sites for hydroxylation is 2. The van der Waals surface area contributed by atoms with E-state index in [0.717, 1.165) is 25.2 Å². The fourth-order valence-corrected chi connectivity index (χ4v) is 2.43. The van der Waals surface area contributed by atoms with Gasteiger partial charge in [-0.15, -0.1) is 0 Å². The Labute approximate surface area is 110 Å². The molecule has 1 aliphatic heterocycles. The highest BCUT2D eigenvalue weighted by atomic mass is 16.3. The molecule has 0 aliphatic carbocycles. The molecule has 100 valence electrons. The van der Waals surface area contributed by atoms with E-state index in [9.17, 15) is 4.79 Å². The molecular weight excluding hydrogens is 244 g/mol. The van der Waals surface area contributed by atoms with Crippen LogP contribution < -0.4 is 5.32 Å². The zero-order valence-corrected chi connectivity index (χ0v) is 10.8. The quantitative estimate of drug-likeness (QED) is 0.899. The summed E-state index contributed by atoms with van der Waals surface area (Å²) in [6, 6.07) is 0. The number of hydrogen-bond donors (Lipinski definition) is 1. The van der Waals surface area contributed by atoms with Crippen LogP contribution in [0, 0.1) is 12.8 Å². The van der Waals surface area contributed by atoms with Gasteiger partial charge in [0.2, 0.25) is 0 Å². The number of nitrogens with one attached hydrogen (secondary N) is 1. The number of carbonyl (C=O) groups excluding carboxylic acids is 1. The molecule has 0 spiro atoms. The maximum absolute atomic E-state index is 11.9. The van der Waals surface area contributed by atoms with Gasteiger partial charge in [-0.2, -0.15) is 0 Å². The van der Waals surface area contributed by atoms with Crippen LogP contribution in [0.1, 0.15) is 28.5 Å². The lowest BCUT2D eigenvalue weighted by atomic mass is 9.98. The average molecular weight is 260 g/mol. The number of nitrogens with zero attached hydrogens (tertiary/aromatic N) is 3. The first-order valence-corrected chi connectivity index (χ1v) is 6.42. The third-order valence-corrected chi connectivity index (χ3v) is 3.56. The fourth-order valence-electron chi connectivity index (χ4n) is 2.43. The van der Waals surface area contributed by atoms with Crippen LogP contribution >= 0.6 is 0 Å². The van der Waals surface area contributed by atoms with Crippen LogP contribution in [0.5, 0.6) is 0 Å².